The van der Waals surface area contributed by atoms with Gasteiger partial charge in [-0.1, -0.05) is 5.16 Å². The zero-order chi connectivity index (χ0) is 21.8. The van der Waals surface area contributed by atoms with E-state index in [0.717, 1.165) is 58.9 Å². The summed E-state index contributed by atoms with van der Waals surface area (Å²) in [5.41, 5.74) is 4.43. The van der Waals surface area contributed by atoms with Gasteiger partial charge in [-0.3, -0.25) is 4.79 Å². The Labute approximate surface area is 182 Å². The van der Waals surface area contributed by atoms with Gasteiger partial charge in [-0.2, -0.15) is 4.98 Å². The third-order valence-corrected chi connectivity index (χ3v) is 5.46. The summed E-state index contributed by atoms with van der Waals surface area (Å²) in [4.78, 5) is 23.8. The summed E-state index contributed by atoms with van der Waals surface area (Å²) >= 11 is 0. The number of rotatable bonds is 7. The average molecular weight is 421 g/mol. The first-order valence-electron chi connectivity index (χ1n) is 10.7. The SMILES string of the molecule is Cc1cc(Nc2ccc(NC(=O)CCc3c(C)noc3C)cc2)nc(N2CCCC2)n1. The van der Waals surface area contributed by atoms with Gasteiger partial charge in [0.2, 0.25) is 11.9 Å². The van der Waals surface area contributed by atoms with Crippen molar-refractivity contribution >= 4 is 29.0 Å². The molecule has 8 heteroatoms. The highest BCUT2D eigenvalue weighted by molar-refractivity contribution is 5.91. The number of aryl methyl sites for hydroxylation is 3. The van der Waals surface area contributed by atoms with Crippen molar-refractivity contribution in [3.63, 3.8) is 0 Å². The van der Waals surface area contributed by atoms with Gasteiger partial charge in [0.05, 0.1) is 5.69 Å². The summed E-state index contributed by atoms with van der Waals surface area (Å²) in [6.45, 7) is 7.75. The molecule has 2 aromatic heterocycles. The number of aromatic nitrogens is 3. The number of benzene rings is 1. The Kier molecular flexibility index (Phi) is 6.16. The van der Waals surface area contributed by atoms with Crippen molar-refractivity contribution in [1.82, 2.24) is 15.1 Å². The van der Waals surface area contributed by atoms with E-state index >= 15 is 0 Å². The van der Waals surface area contributed by atoms with Crippen LogP contribution < -0.4 is 15.5 Å². The van der Waals surface area contributed by atoms with Gasteiger partial charge in [0.25, 0.3) is 0 Å². The smallest absolute Gasteiger partial charge is 0.227 e. The molecule has 0 radical (unpaired) electrons. The highest BCUT2D eigenvalue weighted by atomic mass is 16.5. The van der Waals surface area contributed by atoms with Crippen LogP contribution in [0.15, 0.2) is 34.9 Å². The fourth-order valence-electron chi connectivity index (χ4n) is 3.78. The summed E-state index contributed by atoms with van der Waals surface area (Å²) in [6, 6.07) is 9.55. The highest BCUT2D eigenvalue weighted by Crippen LogP contribution is 2.22. The van der Waals surface area contributed by atoms with E-state index in [-0.39, 0.29) is 5.91 Å². The van der Waals surface area contributed by atoms with Crippen molar-refractivity contribution in [2.45, 2.75) is 46.5 Å². The van der Waals surface area contributed by atoms with Gasteiger partial charge in [0.15, 0.2) is 0 Å². The van der Waals surface area contributed by atoms with Crippen LogP contribution in [0, 0.1) is 20.8 Å². The van der Waals surface area contributed by atoms with Gasteiger partial charge < -0.3 is 20.1 Å². The van der Waals surface area contributed by atoms with Crippen molar-refractivity contribution in [1.29, 1.82) is 0 Å². The van der Waals surface area contributed by atoms with E-state index in [1.807, 2.05) is 51.1 Å². The van der Waals surface area contributed by atoms with E-state index in [1.165, 1.54) is 12.8 Å². The molecule has 0 saturated carbocycles. The second-order valence-corrected chi connectivity index (χ2v) is 7.94. The van der Waals surface area contributed by atoms with Crippen LogP contribution in [0.3, 0.4) is 0 Å². The molecule has 0 atom stereocenters. The molecule has 8 nitrogen and oxygen atoms in total. The summed E-state index contributed by atoms with van der Waals surface area (Å²) in [7, 11) is 0. The first kappa shape index (κ1) is 20.8. The van der Waals surface area contributed by atoms with E-state index in [9.17, 15) is 4.79 Å². The van der Waals surface area contributed by atoms with Crippen LogP contribution in [-0.2, 0) is 11.2 Å². The summed E-state index contributed by atoms with van der Waals surface area (Å²) in [5, 5.41) is 10.2. The molecule has 0 aliphatic carbocycles. The molecule has 1 aliphatic heterocycles. The largest absolute Gasteiger partial charge is 0.361 e. The lowest BCUT2D eigenvalue weighted by Gasteiger charge is -2.17. The Balaban J connectivity index is 1.34. The van der Waals surface area contributed by atoms with Crippen LogP contribution in [0.2, 0.25) is 0 Å². The molecular weight excluding hydrogens is 392 g/mol. The molecule has 162 valence electrons. The third kappa shape index (κ3) is 5.20. The van der Waals surface area contributed by atoms with Gasteiger partial charge in [-0.05, 0) is 64.3 Å². The predicted octanol–water partition coefficient (Wildman–Crippen LogP) is 4.30. The highest BCUT2D eigenvalue weighted by Gasteiger charge is 2.16. The van der Waals surface area contributed by atoms with Crippen molar-refractivity contribution in [2.24, 2.45) is 0 Å². The maximum Gasteiger partial charge on any atom is 0.227 e. The quantitative estimate of drug-likeness (QED) is 0.588. The fourth-order valence-corrected chi connectivity index (χ4v) is 3.78. The second-order valence-electron chi connectivity index (χ2n) is 7.94. The van der Waals surface area contributed by atoms with Crippen LogP contribution in [0.5, 0.6) is 0 Å². The number of carbonyl (C=O) groups excluding carboxylic acids is 1. The lowest BCUT2D eigenvalue weighted by molar-refractivity contribution is -0.116. The minimum atomic E-state index is -0.0395. The molecule has 1 amide bonds. The molecule has 3 heterocycles. The Hall–Kier alpha value is -3.42. The number of nitrogens with zero attached hydrogens (tertiary/aromatic N) is 4. The zero-order valence-electron chi connectivity index (χ0n) is 18.2. The molecule has 1 aromatic carbocycles. The number of hydrogen-bond acceptors (Lipinski definition) is 7. The topological polar surface area (TPSA) is 96.2 Å². The minimum Gasteiger partial charge on any atom is -0.361 e. The van der Waals surface area contributed by atoms with E-state index in [1.54, 1.807) is 0 Å². The average Bonchev–Trinajstić information content (AvgIpc) is 3.38. The van der Waals surface area contributed by atoms with Crippen molar-refractivity contribution < 1.29 is 9.32 Å². The zero-order valence-corrected chi connectivity index (χ0v) is 18.2. The molecule has 1 aliphatic rings. The van der Waals surface area contributed by atoms with Crippen LogP contribution in [-0.4, -0.2) is 34.1 Å². The third-order valence-electron chi connectivity index (χ3n) is 5.46. The van der Waals surface area contributed by atoms with Crippen molar-refractivity contribution in [2.75, 3.05) is 28.6 Å². The molecular formula is C23H28N6O2. The molecule has 2 N–H and O–H groups in total. The molecule has 0 spiro atoms. The molecule has 1 saturated heterocycles. The predicted molar refractivity (Wildman–Crippen MR) is 121 cm³/mol. The number of nitrogens with one attached hydrogen (secondary N) is 2. The Morgan fingerprint density at radius 1 is 1.06 bits per heavy atom. The number of amides is 1. The van der Waals surface area contributed by atoms with Crippen LogP contribution in [0.1, 0.15) is 42.0 Å². The number of anilines is 4. The fraction of sp³-hybridized carbons (Fsp3) is 0.391. The Morgan fingerprint density at radius 3 is 2.45 bits per heavy atom. The number of hydrogen-bond donors (Lipinski definition) is 2. The van der Waals surface area contributed by atoms with Crippen LogP contribution in [0.25, 0.3) is 0 Å². The van der Waals surface area contributed by atoms with Crippen molar-refractivity contribution in [3.05, 3.63) is 53.0 Å². The Morgan fingerprint density at radius 2 is 1.77 bits per heavy atom. The maximum atomic E-state index is 12.3. The van der Waals surface area contributed by atoms with Gasteiger partial charge >= 0.3 is 0 Å². The Bertz CT molecular complexity index is 1030. The molecule has 4 rings (SSSR count). The first-order valence-corrected chi connectivity index (χ1v) is 10.7. The standard InChI is InChI=1S/C23H28N6O2/c1-15-14-21(27-23(24-15)29-12-4-5-13-29)25-18-6-8-19(9-7-18)26-22(30)11-10-20-16(2)28-31-17(20)3/h6-9,14H,4-5,10-13H2,1-3H3,(H,26,30)(H,24,25,27). The normalized spacial score (nSPS) is 13.5. The molecule has 1 fully saturated rings. The van der Waals surface area contributed by atoms with Gasteiger partial charge in [-0.15, -0.1) is 0 Å². The van der Waals surface area contributed by atoms with Gasteiger partial charge in [-0.25, -0.2) is 4.98 Å². The van der Waals surface area contributed by atoms with E-state index in [0.29, 0.717) is 12.8 Å². The van der Waals surface area contributed by atoms with E-state index in [4.69, 9.17) is 4.52 Å². The van der Waals surface area contributed by atoms with Gasteiger partial charge in [0, 0.05) is 48.2 Å². The monoisotopic (exact) mass is 420 g/mol. The van der Waals surface area contributed by atoms with Crippen molar-refractivity contribution in [3.8, 4) is 0 Å². The van der Waals surface area contributed by atoms with Gasteiger partial charge in [0.1, 0.15) is 11.6 Å². The number of carbonyl (C=O) groups is 1. The van der Waals surface area contributed by atoms with E-state index in [2.05, 4.69) is 30.7 Å². The molecule has 3 aromatic rings. The maximum absolute atomic E-state index is 12.3. The summed E-state index contributed by atoms with van der Waals surface area (Å²) < 4.78 is 5.15. The molecule has 0 unspecified atom stereocenters. The summed E-state index contributed by atoms with van der Waals surface area (Å²) in [5.74, 6) is 2.28. The molecule has 0 bridgehead atoms. The lowest BCUT2D eigenvalue weighted by atomic mass is 10.1. The second kappa shape index (κ2) is 9.16. The van der Waals surface area contributed by atoms with Crippen LogP contribution in [0.4, 0.5) is 23.1 Å². The minimum absolute atomic E-state index is 0.0395. The first-order chi connectivity index (χ1) is 15.0. The van der Waals surface area contributed by atoms with E-state index < -0.39 is 0 Å². The summed E-state index contributed by atoms with van der Waals surface area (Å²) in [6.07, 6.45) is 3.36. The lowest BCUT2D eigenvalue weighted by Crippen LogP contribution is -2.21. The molecule has 31 heavy (non-hydrogen) atoms. The van der Waals surface area contributed by atoms with Crippen LogP contribution >= 0.6 is 0 Å².